The normalized spacial score (nSPS) is 11.1. The van der Waals surface area contributed by atoms with Crippen molar-refractivity contribution in [3.05, 3.63) is 153 Å². The van der Waals surface area contributed by atoms with Crippen molar-refractivity contribution < 1.29 is 14.5 Å². The first-order valence-electron chi connectivity index (χ1n) is 11.2. The van der Waals surface area contributed by atoms with Gasteiger partial charge in [0.05, 0.1) is 11.0 Å². The number of non-ortho nitro benzene ring substituents is 1. The van der Waals surface area contributed by atoms with E-state index in [2.05, 4.69) is 10.6 Å². The van der Waals surface area contributed by atoms with E-state index >= 15 is 0 Å². The maximum Gasteiger partial charge on any atom is 0.269 e. The van der Waals surface area contributed by atoms with Crippen molar-refractivity contribution in [2.45, 2.75) is 6.04 Å². The molecule has 2 amide bonds. The van der Waals surface area contributed by atoms with Crippen molar-refractivity contribution in [1.29, 1.82) is 0 Å². The Morgan fingerprint density at radius 1 is 0.722 bits per heavy atom. The molecule has 0 saturated carbocycles. The lowest BCUT2D eigenvalue weighted by Crippen LogP contribution is -2.37. The molecule has 36 heavy (non-hydrogen) atoms. The van der Waals surface area contributed by atoms with E-state index in [-0.39, 0.29) is 11.4 Å². The third kappa shape index (κ3) is 6.09. The van der Waals surface area contributed by atoms with E-state index in [0.717, 1.165) is 11.1 Å². The van der Waals surface area contributed by atoms with Crippen LogP contribution in [0.15, 0.2) is 121 Å². The van der Waals surface area contributed by atoms with Crippen molar-refractivity contribution in [1.82, 2.24) is 10.6 Å². The molecule has 178 valence electrons. The van der Waals surface area contributed by atoms with Crippen molar-refractivity contribution in [2.24, 2.45) is 0 Å². The number of hydrogen-bond acceptors (Lipinski definition) is 4. The van der Waals surface area contributed by atoms with Crippen LogP contribution in [-0.2, 0) is 4.79 Å². The molecule has 0 bridgehead atoms. The van der Waals surface area contributed by atoms with Crippen LogP contribution in [-0.4, -0.2) is 16.7 Å². The highest BCUT2D eigenvalue weighted by Crippen LogP contribution is 2.22. The van der Waals surface area contributed by atoms with Gasteiger partial charge < -0.3 is 10.6 Å². The Bertz CT molecular complexity index is 1330. The number of nitro benzene ring substituents is 1. The van der Waals surface area contributed by atoms with Crippen molar-refractivity contribution in [2.75, 3.05) is 0 Å². The van der Waals surface area contributed by atoms with Gasteiger partial charge in [0, 0.05) is 17.7 Å². The quantitative estimate of drug-likeness (QED) is 0.205. The van der Waals surface area contributed by atoms with Gasteiger partial charge >= 0.3 is 0 Å². The number of amides is 2. The highest BCUT2D eigenvalue weighted by atomic mass is 16.6. The summed E-state index contributed by atoms with van der Waals surface area (Å²) in [6, 6.07) is 32.8. The lowest BCUT2D eigenvalue weighted by molar-refractivity contribution is -0.384. The number of nitro groups is 1. The molecule has 0 spiro atoms. The van der Waals surface area contributed by atoms with Crippen molar-refractivity contribution in [3.8, 4) is 0 Å². The zero-order valence-corrected chi connectivity index (χ0v) is 19.2. The average molecular weight is 478 g/mol. The van der Waals surface area contributed by atoms with E-state index in [1.54, 1.807) is 30.3 Å². The second kappa shape index (κ2) is 11.4. The lowest BCUT2D eigenvalue weighted by atomic mass is 9.98. The molecule has 0 heterocycles. The van der Waals surface area contributed by atoms with E-state index < -0.39 is 22.8 Å². The predicted molar refractivity (Wildman–Crippen MR) is 138 cm³/mol. The SMILES string of the molecule is O=C(NC(c1ccccc1)c1ccccc1)/C(=C/c1ccc([N+](=O)[O-])cc1)NC(=O)c1ccccc1. The molecule has 0 aromatic heterocycles. The Hall–Kier alpha value is -5.04. The highest BCUT2D eigenvalue weighted by molar-refractivity contribution is 6.05. The van der Waals surface area contributed by atoms with Gasteiger partial charge in [-0.1, -0.05) is 78.9 Å². The number of carbonyl (C=O) groups excluding carboxylic acids is 2. The summed E-state index contributed by atoms with van der Waals surface area (Å²) in [5.74, 6) is -0.953. The first-order chi connectivity index (χ1) is 17.5. The topological polar surface area (TPSA) is 101 Å². The number of benzene rings is 4. The minimum absolute atomic E-state index is 0.00886. The Kier molecular flexibility index (Phi) is 7.63. The summed E-state index contributed by atoms with van der Waals surface area (Å²) >= 11 is 0. The van der Waals surface area contributed by atoms with Gasteiger partial charge in [-0.15, -0.1) is 0 Å². The molecule has 0 fully saturated rings. The van der Waals surface area contributed by atoms with E-state index in [0.29, 0.717) is 11.1 Å². The molecule has 4 aromatic rings. The lowest BCUT2D eigenvalue weighted by Gasteiger charge is -2.21. The van der Waals surface area contributed by atoms with Crippen molar-refractivity contribution >= 4 is 23.6 Å². The molecular weight excluding hydrogens is 454 g/mol. The molecule has 0 unspecified atom stereocenters. The number of nitrogens with zero attached hydrogens (tertiary/aromatic N) is 1. The van der Waals surface area contributed by atoms with Gasteiger partial charge in [-0.3, -0.25) is 19.7 Å². The maximum absolute atomic E-state index is 13.5. The van der Waals surface area contributed by atoms with E-state index in [9.17, 15) is 19.7 Å². The number of carbonyl (C=O) groups is 2. The van der Waals surface area contributed by atoms with Crippen molar-refractivity contribution in [3.63, 3.8) is 0 Å². The third-order valence-corrected chi connectivity index (χ3v) is 5.48. The number of hydrogen-bond donors (Lipinski definition) is 2. The van der Waals surface area contributed by atoms with Crippen LogP contribution in [0.3, 0.4) is 0 Å². The second-order valence-electron chi connectivity index (χ2n) is 7.95. The molecule has 7 nitrogen and oxygen atoms in total. The van der Waals surface area contributed by atoms with Crippen LogP contribution in [0.5, 0.6) is 0 Å². The second-order valence-corrected chi connectivity index (χ2v) is 7.95. The van der Waals surface area contributed by atoms with Gasteiger partial charge in [0.15, 0.2) is 0 Å². The summed E-state index contributed by atoms with van der Waals surface area (Å²) in [5.41, 5.74) is 2.61. The minimum atomic E-state index is -0.504. The summed E-state index contributed by atoms with van der Waals surface area (Å²) in [6.45, 7) is 0. The van der Waals surface area contributed by atoms with Crippen LogP contribution in [0.2, 0.25) is 0 Å². The highest BCUT2D eigenvalue weighted by Gasteiger charge is 2.21. The Morgan fingerprint density at radius 2 is 1.22 bits per heavy atom. The van der Waals surface area contributed by atoms with Crippen LogP contribution in [0.1, 0.15) is 33.1 Å². The van der Waals surface area contributed by atoms with Gasteiger partial charge in [0.25, 0.3) is 17.5 Å². The fourth-order valence-electron chi connectivity index (χ4n) is 3.66. The maximum atomic E-state index is 13.5. The first-order valence-corrected chi connectivity index (χ1v) is 11.2. The molecule has 0 aliphatic heterocycles. The van der Waals surface area contributed by atoms with E-state index in [1.807, 2.05) is 60.7 Å². The van der Waals surface area contributed by atoms with Crippen LogP contribution in [0.25, 0.3) is 6.08 Å². The molecule has 0 saturated heterocycles. The van der Waals surface area contributed by atoms with Crippen LogP contribution in [0, 0.1) is 10.1 Å². The summed E-state index contributed by atoms with van der Waals surface area (Å²) in [6.07, 6.45) is 1.49. The first kappa shape index (κ1) is 24.1. The van der Waals surface area contributed by atoms with Crippen LogP contribution in [0.4, 0.5) is 5.69 Å². The molecule has 0 aliphatic rings. The summed E-state index contributed by atoms with van der Waals surface area (Å²) < 4.78 is 0. The number of rotatable bonds is 8. The zero-order valence-electron chi connectivity index (χ0n) is 19.2. The fraction of sp³-hybridized carbons (Fsp3) is 0.0345. The molecule has 0 atom stereocenters. The molecule has 7 heteroatoms. The Morgan fingerprint density at radius 3 is 1.72 bits per heavy atom. The molecular formula is C29H23N3O4. The summed E-state index contributed by atoms with van der Waals surface area (Å²) in [5, 5.41) is 16.7. The average Bonchev–Trinajstić information content (AvgIpc) is 2.93. The number of nitrogens with one attached hydrogen (secondary N) is 2. The van der Waals surface area contributed by atoms with E-state index in [1.165, 1.54) is 30.3 Å². The minimum Gasteiger partial charge on any atom is -0.340 e. The molecule has 4 aromatic carbocycles. The van der Waals surface area contributed by atoms with Gasteiger partial charge in [0.1, 0.15) is 5.70 Å². The largest absolute Gasteiger partial charge is 0.340 e. The van der Waals surface area contributed by atoms with Gasteiger partial charge in [-0.2, -0.15) is 0 Å². The monoisotopic (exact) mass is 477 g/mol. The smallest absolute Gasteiger partial charge is 0.269 e. The predicted octanol–water partition coefficient (Wildman–Crippen LogP) is 5.27. The van der Waals surface area contributed by atoms with Crippen LogP contribution >= 0.6 is 0 Å². The van der Waals surface area contributed by atoms with Gasteiger partial charge in [-0.25, -0.2) is 0 Å². The summed E-state index contributed by atoms with van der Waals surface area (Å²) in [4.78, 5) is 36.9. The molecule has 2 N–H and O–H groups in total. The summed E-state index contributed by atoms with van der Waals surface area (Å²) in [7, 11) is 0. The molecule has 4 rings (SSSR count). The van der Waals surface area contributed by atoms with Gasteiger partial charge in [-0.05, 0) is 47.0 Å². The molecule has 0 aliphatic carbocycles. The fourth-order valence-corrected chi connectivity index (χ4v) is 3.66. The Balaban J connectivity index is 1.68. The van der Waals surface area contributed by atoms with E-state index in [4.69, 9.17) is 0 Å². The van der Waals surface area contributed by atoms with Gasteiger partial charge in [0.2, 0.25) is 0 Å². The third-order valence-electron chi connectivity index (χ3n) is 5.48. The zero-order chi connectivity index (χ0) is 25.3. The van der Waals surface area contributed by atoms with Crippen LogP contribution < -0.4 is 10.6 Å². The molecule has 0 radical (unpaired) electrons. The Labute approximate surface area is 208 Å². The standard InChI is InChI=1S/C29H23N3O4/c33-28(24-14-8-3-9-15-24)30-26(20-21-16-18-25(19-17-21)32(35)36)29(34)31-27(22-10-4-1-5-11-22)23-12-6-2-7-13-23/h1-20,27H,(H,30,33)(H,31,34)/b26-20-.